The van der Waals surface area contributed by atoms with Crippen molar-refractivity contribution in [2.75, 3.05) is 36.5 Å². The van der Waals surface area contributed by atoms with Crippen molar-refractivity contribution in [3.05, 3.63) is 18.2 Å². The number of fused-ring (bicyclic) bond motifs is 1. The van der Waals surface area contributed by atoms with Gasteiger partial charge < -0.3 is 15.0 Å². The van der Waals surface area contributed by atoms with E-state index < -0.39 is 0 Å². The highest BCUT2D eigenvalue weighted by Crippen LogP contribution is 2.34. The minimum absolute atomic E-state index is 0.0432. The Morgan fingerprint density at radius 3 is 2.56 bits per heavy atom. The molecule has 3 amide bonds. The van der Waals surface area contributed by atoms with Gasteiger partial charge in [0.25, 0.3) is 5.91 Å². The second-order valence-corrected chi connectivity index (χ2v) is 6.16. The Morgan fingerprint density at radius 2 is 1.96 bits per heavy atom. The molecule has 1 heterocycles. The predicted octanol–water partition coefficient (Wildman–Crippen LogP) is 1.87. The van der Waals surface area contributed by atoms with Crippen LogP contribution in [0.4, 0.5) is 11.4 Å². The molecule has 0 saturated carbocycles. The number of carbonyl (C=O) groups excluding carboxylic acids is 3. The molecular weight excluding hydrogens is 322 g/mol. The van der Waals surface area contributed by atoms with Crippen LogP contribution in [-0.2, 0) is 14.4 Å². The number of benzene rings is 1. The largest absolute Gasteiger partial charge is 0.482 e. The van der Waals surface area contributed by atoms with Crippen molar-refractivity contribution in [1.29, 1.82) is 0 Å². The van der Waals surface area contributed by atoms with E-state index in [9.17, 15) is 14.4 Å². The second-order valence-electron chi connectivity index (χ2n) is 6.16. The number of rotatable bonds is 6. The molecule has 2 rings (SSSR count). The van der Waals surface area contributed by atoms with E-state index in [1.54, 1.807) is 36.9 Å². The lowest BCUT2D eigenvalue weighted by molar-refractivity contribution is -0.131. The smallest absolute Gasteiger partial charge is 0.265 e. The highest BCUT2D eigenvalue weighted by molar-refractivity contribution is 6.03. The van der Waals surface area contributed by atoms with Gasteiger partial charge in [-0.15, -0.1) is 0 Å². The average Bonchev–Trinajstić information content (AvgIpc) is 2.58. The van der Waals surface area contributed by atoms with E-state index in [2.05, 4.69) is 5.32 Å². The van der Waals surface area contributed by atoms with Crippen LogP contribution in [0, 0.1) is 5.92 Å². The van der Waals surface area contributed by atoms with Crippen LogP contribution in [0.5, 0.6) is 5.75 Å². The summed E-state index contributed by atoms with van der Waals surface area (Å²) >= 11 is 0. The summed E-state index contributed by atoms with van der Waals surface area (Å²) in [6.45, 7) is 8.43. The van der Waals surface area contributed by atoms with Gasteiger partial charge in [-0.1, -0.05) is 13.8 Å². The molecule has 0 atom stereocenters. The Hall–Kier alpha value is -2.57. The van der Waals surface area contributed by atoms with Gasteiger partial charge in [-0.05, 0) is 32.0 Å². The normalized spacial score (nSPS) is 13.3. The summed E-state index contributed by atoms with van der Waals surface area (Å²) in [4.78, 5) is 39.7. The Labute approximate surface area is 147 Å². The van der Waals surface area contributed by atoms with E-state index in [0.29, 0.717) is 30.2 Å². The molecule has 25 heavy (non-hydrogen) atoms. The fourth-order valence-corrected chi connectivity index (χ4v) is 2.55. The zero-order valence-electron chi connectivity index (χ0n) is 15.2. The maximum Gasteiger partial charge on any atom is 0.265 e. The van der Waals surface area contributed by atoms with E-state index in [4.69, 9.17) is 4.74 Å². The van der Waals surface area contributed by atoms with Crippen molar-refractivity contribution < 1.29 is 19.1 Å². The highest BCUT2D eigenvalue weighted by Gasteiger charge is 2.29. The number of hydrogen-bond acceptors (Lipinski definition) is 4. The molecule has 1 aromatic rings. The van der Waals surface area contributed by atoms with Crippen molar-refractivity contribution in [2.45, 2.75) is 27.7 Å². The number of anilines is 2. The summed E-state index contributed by atoms with van der Waals surface area (Å²) in [6.07, 6.45) is 0. The fourth-order valence-electron chi connectivity index (χ4n) is 2.55. The van der Waals surface area contributed by atoms with Crippen LogP contribution in [0.1, 0.15) is 27.7 Å². The predicted molar refractivity (Wildman–Crippen MR) is 95.7 cm³/mol. The van der Waals surface area contributed by atoms with Crippen LogP contribution >= 0.6 is 0 Å². The second kappa shape index (κ2) is 8.00. The van der Waals surface area contributed by atoms with Crippen LogP contribution in [-0.4, -0.2) is 48.9 Å². The number of hydrogen-bond donors (Lipinski definition) is 1. The third-order valence-electron chi connectivity index (χ3n) is 4.10. The summed E-state index contributed by atoms with van der Waals surface area (Å²) in [5.74, 6) is -0.152. The van der Waals surface area contributed by atoms with E-state index in [0.717, 1.165) is 0 Å². The SMILES string of the molecule is CCN(CC)C(=O)CN1C(=O)COc2ccc(NC(=O)C(C)C)cc21. The van der Waals surface area contributed by atoms with E-state index in [1.807, 2.05) is 13.8 Å². The summed E-state index contributed by atoms with van der Waals surface area (Å²) in [6, 6.07) is 5.09. The van der Waals surface area contributed by atoms with Crippen LogP contribution in [0.15, 0.2) is 18.2 Å². The van der Waals surface area contributed by atoms with Crippen molar-refractivity contribution in [1.82, 2.24) is 4.90 Å². The van der Waals surface area contributed by atoms with Gasteiger partial charge >= 0.3 is 0 Å². The number of nitrogens with one attached hydrogen (secondary N) is 1. The van der Waals surface area contributed by atoms with E-state index in [-0.39, 0.29) is 36.8 Å². The number of amides is 3. The first-order valence-electron chi connectivity index (χ1n) is 8.53. The number of carbonyl (C=O) groups is 3. The first-order chi connectivity index (χ1) is 11.9. The van der Waals surface area contributed by atoms with Gasteiger partial charge in [-0.3, -0.25) is 19.3 Å². The van der Waals surface area contributed by atoms with Crippen LogP contribution < -0.4 is 15.0 Å². The van der Waals surface area contributed by atoms with Crippen molar-refractivity contribution in [2.24, 2.45) is 5.92 Å². The van der Waals surface area contributed by atoms with E-state index >= 15 is 0 Å². The summed E-state index contributed by atoms with van der Waals surface area (Å²) < 4.78 is 5.44. The molecule has 0 saturated heterocycles. The maximum absolute atomic E-state index is 12.4. The molecule has 1 aliphatic rings. The van der Waals surface area contributed by atoms with Gasteiger partial charge in [0.1, 0.15) is 12.3 Å². The lowest BCUT2D eigenvalue weighted by Crippen LogP contribution is -2.46. The van der Waals surface area contributed by atoms with Gasteiger partial charge in [0.2, 0.25) is 11.8 Å². The van der Waals surface area contributed by atoms with Crippen molar-refractivity contribution in [3.8, 4) is 5.75 Å². The molecule has 0 fully saturated rings. The molecule has 0 radical (unpaired) electrons. The Balaban J connectivity index is 2.27. The van der Waals surface area contributed by atoms with Crippen LogP contribution in [0.25, 0.3) is 0 Å². The molecule has 0 spiro atoms. The minimum Gasteiger partial charge on any atom is -0.482 e. The molecular formula is C18H25N3O4. The maximum atomic E-state index is 12.4. The molecule has 136 valence electrons. The standard InChI is InChI=1S/C18H25N3O4/c1-5-20(6-2)16(22)10-21-14-9-13(19-18(24)12(3)4)7-8-15(14)25-11-17(21)23/h7-9,12H,5-6,10-11H2,1-4H3,(H,19,24). The Bertz CT molecular complexity index is 668. The topological polar surface area (TPSA) is 79.0 Å². The molecule has 0 unspecified atom stereocenters. The van der Waals surface area contributed by atoms with Gasteiger partial charge in [0.15, 0.2) is 6.61 Å². The van der Waals surface area contributed by atoms with Crippen LogP contribution in [0.3, 0.4) is 0 Å². The number of ether oxygens (including phenoxy) is 1. The molecule has 1 N–H and O–H groups in total. The van der Waals surface area contributed by atoms with Gasteiger partial charge in [0.05, 0.1) is 5.69 Å². The molecule has 1 aromatic carbocycles. The zero-order valence-corrected chi connectivity index (χ0v) is 15.2. The number of nitrogens with zero attached hydrogens (tertiary/aromatic N) is 2. The Morgan fingerprint density at radius 1 is 1.28 bits per heavy atom. The third-order valence-corrected chi connectivity index (χ3v) is 4.10. The quantitative estimate of drug-likeness (QED) is 0.852. The molecule has 7 heteroatoms. The minimum atomic E-state index is -0.277. The first-order valence-corrected chi connectivity index (χ1v) is 8.53. The Kier molecular flexibility index (Phi) is 6.01. The summed E-state index contributed by atoms with van der Waals surface area (Å²) in [5.41, 5.74) is 1.06. The molecule has 0 bridgehead atoms. The lowest BCUT2D eigenvalue weighted by atomic mass is 10.1. The monoisotopic (exact) mass is 347 g/mol. The fraction of sp³-hybridized carbons (Fsp3) is 0.500. The van der Waals surface area contributed by atoms with Gasteiger partial charge in [-0.2, -0.15) is 0 Å². The van der Waals surface area contributed by atoms with Gasteiger partial charge in [0, 0.05) is 24.7 Å². The van der Waals surface area contributed by atoms with Crippen molar-refractivity contribution >= 4 is 29.1 Å². The highest BCUT2D eigenvalue weighted by atomic mass is 16.5. The summed E-state index contributed by atoms with van der Waals surface area (Å²) in [5, 5.41) is 2.80. The molecule has 0 aliphatic carbocycles. The molecule has 7 nitrogen and oxygen atoms in total. The number of likely N-dealkylation sites (N-methyl/N-ethyl adjacent to an activating group) is 1. The average molecular weight is 347 g/mol. The molecule has 1 aliphatic heterocycles. The molecule has 0 aromatic heterocycles. The third kappa shape index (κ3) is 4.29. The first kappa shape index (κ1) is 18.8. The summed E-state index contributed by atoms with van der Waals surface area (Å²) in [7, 11) is 0. The van der Waals surface area contributed by atoms with E-state index in [1.165, 1.54) is 4.90 Å². The van der Waals surface area contributed by atoms with Gasteiger partial charge in [-0.25, -0.2) is 0 Å². The van der Waals surface area contributed by atoms with Crippen LogP contribution in [0.2, 0.25) is 0 Å². The van der Waals surface area contributed by atoms with Crippen molar-refractivity contribution in [3.63, 3.8) is 0 Å². The zero-order chi connectivity index (χ0) is 18.6. The lowest BCUT2D eigenvalue weighted by Gasteiger charge is -2.31.